The Labute approximate surface area is 88.6 Å². The molecule has 0 aliphatic carbocycles. The minimum Gasteiger partial charge on any atom is -0.504 e. The predicted octanol–water partition coefficient (Wildman–Crippen LogP) is 2.49. The molecule has 0 N–H and O–H groups in total. The van der Waals surface area contributed by atoms with Crippen molar-refractivity contribution in [2.45, 2.75) is 0 Å². The lowest BCUT2D eigenvalue weighted by molar-refractivity contribution is 0.341. The summed E-state index contributed by atoms with van der Waals surface area (Å²) in [5.74, 6) is 0. The number of para-hydroxylation sites is 1. The Morgan fingerprint density at radius 3 is 2.73 bits per heavy atom. The molecule has 2 aromatic rings. The topological polar surface area (TPSA) is 27.1 Å². The van der Waals surface area contributed by atoms with Gasteiger partial charge in [-0.05, 0) is 18.2 Å². The van der Waals surface area contributed by atoms with Crippen LogP contribution < -0.4 is 0 Å². The maximum Gasteiger partial charge on any atom is 0.0885 e. The number of hydrogen-bond acceptors (Lipinski definition) is 2. The van der Waals surface area contributed by atoms with Crippen LogP contribution in [-0.2, 0) is 4.74 Å². The van der Waals surface area contributed by atoms with Crippen LogP contribution in [0.1, 0.15) is 5.69 Å². The average molecular weight is 200 g/mol. The van der Waals surface area contributed by atoms with Crippen molar-refractivity contribution in [1.82, 2.24) is 9.78 Å². The molecule has 1 heterocycles. The van der Waals surface area contributed by atoms with E-state index < -0.39 is 0 Å². The van der Waals surface area contributed by atoms with Gasteiger partial charge in [-0.15, -0.1) is 0 Å². The molecule has 3 heteroatoms. The summed E-state index contributed by atoms with van der Waals surface area (Å²) in [6, 6.07) is 11.9. The van der Waals surface area contributed by atoms with Crippen molar-refractivity contribution in [2.24, 2.45) is 0 Å². The Balaban J connectivity index is 2.24. The summed E-state index contributed by atoms with van der Waals surface area (Å²) in [5.41, 5.74) is 1.93. The number of methoxy groups -OCH3 is 1. The fourth-order valence-electron chi connectivity index (χ4n) is 1.29. The maximum atomic E-state index is 4.83. The van der Waals surface area contributed by atoms with Crippen molar-refractivity contribution in [2.75, 3.05) is 7.11 Å². The molecule has 0 spiro atoms. The molecule has 0 fully saturated rings. The molecule has 0 unspecified atom stereocenters. The predicted molar refractivity (Wildman–Crippen MR) is 59.6 cm³/mol. The van der Waals surface area contributed by atoms with Crippen molar-refractivity contribution in [3.8, 4) is 5.69 Å². The molecule has 0 amide bonds. The first-order chi connectivity index (χ1) is 7.40. The minimum absolute atomic E-state index is 0.876. The van der Waals surface area contributed by atoms with Gasteiger partial charge in [0.05, 0.1) is 24.8 Å². The lowest BCUT2D eigenvalue weighted by Gasteiger charge is -1.98. The molecule has 76 valence electrons. The second-order valence-electron chi connectivity index (χ2n) is 3.06. The molecule has 0 aliphatic heterocycles. The first-order valence-corrected chi connectivity index (χ1v) is 4.70. The van der Waals surface area contributed by atoms with Crippen molar-refractivity contribution in [3.05, 3.63) is 54.6 Å². The molecule has 3 nitrogen and oxygen atoms in total. The Kier molecular flexibility index (Phi) is 2.83. The zero-order valence-corrected chi connectivity index (χ0v) is 8.50. The fourth-order valence-corrected chi connectivity index (χ4v) is 1.29. The van der Waals surface area contributed by atoms with E-state index in [9.17, 15) is 0 Å². The summed E-state index contributed by atoms with van der Waals surface area (Å²) in [4.78, 5) is 0. The summed E-state index contributed by atoms with van der Waals surface area (Å²) < 4.78 is 6.66. The normalized spacial score (nSPS) is 10.7. The van der Waals surface area contributed by atoms with E-state index in [0.717, 1.165) is 11.4 Å². The second kappa shape index (κ2) is 4.46. The molecule has 0 bridgehead atoms. The zero-order valence-electron chi connectivity index (χ0n) is 8.50. The van der Waals surface area contributed by atoms with Crippen LogP contribution in [0.4, 0.5) is 0 Å². The number of hydrogen-bond donors (Lipinski definition) is 0. The van der Waals surface area contributed by atoms with Gasteiger partial charge in [0.2, 0.25) is 0 Å². The summed E-state index contributed by atoms with van der Waals surface area (Å²) in [6.45, 7) is 0. The smallest absolute Gasteiger partial charge is 0.0885 e. The third-order valence-electron chi connectivity index (χ3n) is 2.01. The number of nitrogens with zero attached hydrogens (tertiary/aromatic N) is 2. The second-order valence-corrected chi connectivity index (χ2v) is 3.06. The van der Waals surface area contributed by atoms with Gasteiger partial charge in [-0.25, -0.2) is 4.68 Å². The molecule has 0 saturated carbocycles. The van der Waals surface area contributed by atoms with Crippen molar-refractivity contribution in [3.63, 3.8) is 0 Å². The Hall–Kier alpha value is -2.03. The van der Waals surface area contributed by atoms with E-state index in [1.165, 1.54) is 0 Å². The third kappa shape index (κ3) is 2.26. The standard InChI is InChI=1S/C12H12N2O/c1-15-10-8-11-7-9-14(13-11)12-5-3-2-4-6-12/h2-10H,1H3/b10-8+. The Morgan fingerprint density at radius 2 is 2.00 bits per heavy atom. The number of ether oxygens (including phenoxy) is 1. The maximum absolute atomic E-state index is 4.83. The molecule has 1 aromatic heterocycles. The molecular weight excluding hydrogens is 188 g/mol. The van der Waals surface area contributed by atoms with E-state index in [2.05, 4.69) is 5.10 Å². The van der Waals surface area contributed by atoms with Crippen LogP contribution in [0, 0.1) is 0 Å². The lowest BCUT2D eigenvalue weighted by Crippen LogP contribution is -1.93. The molecular formula is C12H12N2O. The van der Waals surface area contributed by atoms with E-state index in [1.807, 2.05) is 53.4 Å². The molecule has 0 saturated heterocycles. The van der Waals surface area contributed by atoms with Gasteiger partial charge < -0.3 is 4.74 Å². The van der Waals surface area contributed by atoms with Crippen LogP contribution in [0.3, 0.4) is 0 Å². The molecule has 15 heavy (non-hydrogen) atoms. The van der Waals surface area contributed by atoms with E-state index in [-0.39, 0.29) is 0 Å². The van der Waals surface area contributed by atoms with Gasteiger partial charge in [-0.1, -0.05) is 18.2 Å². The van der Waals surface area contributed by atoms with E-state index in [4.69, 9.17) is 4.74 Å². The summed E-state index contributed by atoms with van der Waals surface area (Å²) in [7, 11) is 1.62. The molecule has 0 radical (unpaired) electrons. The average Bonchev–Trinajstić information content (AvgIpc) is 2.76. The quantitative estimate of drug-likeness (QED) is 0.712. The van der Waals surface area contributed by atoms with Crippen LogP contribution in [0.25, 0.3) is 11.8 Å². The molecule has 1 aromatic carbocycles. The fraction of sp³-hybridized carbons (Fsp3) is 0.0833. The zero-order chi connectivity index (χ0) is 10.5. The summed E-state index contributed by atoms with van der Waals surface area (Å²) in [5, 5.41) is 4.37. The van der Waals surface area contributed by atoms with Gasteiger partial charge in [-0.2, -0.15) is 5.10 Å². The van der Waals surface area contributed by atoms with Crippen molar-refractivity contribution in [1.29, 1.82) is 0 Å². The number of benzene rings is 1. The van der Waals surface area contributed by atoms with Crippen LogP contribution in [0.15, 0.2) is 48.9 Å². The summed E-state index contributed by atoms with van der Waals surface area (Å²) >= 11 is 0. The van der Waals surface area contributed by atoms with Gasteiger partial charge in [-0.3, -0.25) is 0 Å². The van der Waals surface area contributed by atoms with E-state index >= 15 is 0 Å². The van der Waals surface area contributed by atoms with Crippen molar-refractivity contribution < 1.29 is 4.74 Å². The highest BCUT2D eigenvalue weighted by molar-refractivity contribution is 5.43. The SMILES string of the molecule is CO/C=C/c1ccn(-c2ccccc2)n1. The van der Waals surface area contributed by atoms with Crippen molar-refractivity contribution >= 4 is 6.08 Å². The lowest BCUT2D eigenvalue weighted by atomic mass is 10.3. The first-order valence-electron chi connectivity index (χ1n) is 4.70. The van der Waals surface area contributed by atoms with Crippen LogP contribution >= 0.6 is 0 Å². The monoisotopic (exact) mass is 200 g/mol. The molecule has 0 aliphatic rings. The Bertz CT molecular complexity index is 446. The first kappa shape index (κ1) is 9.52. The highest BCUT2D eigenvalue weighted by atomic mass is 16.5. The van der Waals surface area contributed by atoms with E-state index in [1.54, 1.807) is 13.4 Å². The van der Waals surface area contributed by atoms with Gasteiger partial charge in [0.25, 0.3) is 0 Å². The van der Waals surface area contributed by atoms with Crippen LogP contribution in [-0.4, -0.2) is 16.9 Å². The largest absolute Gasteiger partial charge is 0.504 e. The van der Waals surface area contributed by atoms with Crippen LogP contribution in [0.5, 0.6) is 0 Å². The highest BCUT2D eigenvalue weighted by Gasteiger charge is 1.96. The van der Waals surface area contributed by atoms with Crippen LogP contribution in [0.2, 0.25) is 0 Å². The van der Waals surface area contributed by atoms with E-state index in [0.29, 0.717) is 0 Å². The highest BCUT2D eigenvalue weighted by Crippen LogP contribution is 2.07. The van der Waals surface area contributed by atoms with Gasteiger partial charge in [0.1, 0.15) is 0 Å². The molecule has 0 atom stereocenters. The van der Waals surface area contributed by atoms with Gasteiger partial charge in [0.15, 0.2) is 0 Å². The Morgan fingerprint density at radius 1 is 1.20 bits per heavy atom. The minimum atomic E-state index is 0.876. The number of rotatable bonds is 3. The summed E-state index contributed by atoms with van der Waals surface area (Å²) in [6.07, 6.45) is 5.35. The third-order valence-corrected chi connectivity index (χ3v) is 2.01. The molecule has 2 rings (SSSR count). The van der Waals surface area contributed by atoms with Gasteiger partial charge >= 0.3 is 0 Å². The number of aromatic nitrogens is 2. The van der Waals surface area contributed by atoms with Gasteiger partial charge in [0, 0.05) is 12.3 Å².